The number of methoxy groups -OCH3 is 2. The first kappa shape index (κ1) is 25.6. The van der Waals surface area contributed by atoms with Gasteiger partial charge in [0, 0.05) is 51.2 Å². The van der Waals surface area contributed by atoms with Crippen molar-refractivity contribution >= 4 is 17.3 Å². The summed E-state index contributed by atoms with van der Waals surface area (Å²) in [7, 11) is 3.06. The van der Waals surface area contributed by atoms with E-state index >= 15 is 0 Å². The Morgan fingerprint density at radius 2 is 1.67 bits per heavy atom. The lowest BCUT2D eigenvalue weighted by molar-refractivity contribution is 0.144. The number of benzene rings is 2. The third-order valence-electron chi connectivity index (χ3n) is 6.14. The monoisotopic (exact) mass is 499 g/mol. The molecular weight excluding hydrogens is 468 g/mol. The SMILES string of the molecule is COCCN1CCN(c2ccc(Nc3ncc(OCc4c(F)c(C)cc(OC)c4F)cn3)cc2)CC1. The molecule has 0 amide bonds. The van der Waals surface area contributed by atoms with Crippen LogP contribution in [0.3, 0.4) is 0 Å². The van der Waals surface area contributed by atoms with Gasteiger partial charge in [0.1, 0.15) is 12.4 Å². The molecule has 1 saturated heterocycles. The van der Waals surface area contributed by atoms with Crippen LogP contribution in [-0.4, -0.2) is 68.4 Å². The van der Waals surface area contributed by atoms with Crippen LogP contribution in [0.1, 0.15) is 11.1 Å². The minimum atomic E-state index is -0.781. The molecule has 0 atom stereocenters. The largest absolute Gasteiger partial charge is 0.494 e. The molecule has 192 valence electrons. The molecule has 2 heterocycles. The van der Waals surface area contributed by atoms with Crippen LogP contribution in [0, 0.1) is 18.6 Å². The van der Waals surface area contributed by atoms with E-state index in [4.69, 9.17) is 14.2 Å². The molecule has 1 aliphatic heterocycles. The van der Waals surface area contributed by atoms with Crippen molar-refractivity contribution in [2.24, 2.45) is 0 Å². The van der Waals surface area contributed by atoms with Gasteiger partial charge >= 0.3 is 0 Å². The standard InChI is InChI=1S/C26H31F2N5O3/c1-18-14-23(35-3)25(28)22(24(18)27)17-36-21-15-29-26(30-16-21)31-19-4-6-20(7-5-19)33-10-8-32(9-11-33)12-13-34-2/h4-7,14-16H,8-13,17H2,1-3H3,(H,29,30,31). The zero-order valence-electron chi connectivity index (χ0n) is 20.8. The molecule has 1 N–H and O–H groups in total. The van der Waals surface area contributed by atoms with E-state index in [9.17, 15) is 8.78 Å². The Bertz CT molecular complexity index is 1140. The second-order valence-electron chi connectivity index (χ2n) is 8.53. The lowest BCUT2D eigenvalue weighted by Crippen LogP contribution is -2.47. The molecule has 4 rings (SSSR count). The third-order valence-corrected chi connectivity index (χ3v) is 6.14. The van der Waals surface area contributed by atoms with Gasteiger partial charge in [-0.25, -0.2) is 18.7 Å². The summed E-state index contributed by atoms with van der Waals surface area (Å²) in [5.41, 5.74) is 2.09. The fourth-order valence-corrected chi connectivity index (χ4v) is 4.03. The molecule has 10 heteroatoms. The first-order valence-electron chi connectivity index (χ1n) is 11.8. The number of nitrogens with one attached hydrogen (secondary N) is 1. The number of rotatable bonds is 10. The van der Waals surface area contributed by atoms with Gasteiger partial charge in [-0.1, -0.05) is 0 Å². The summed E-state index contributed by atoms with van der Waals surface area (Å²) in [6.07, 6.45) is 2.91. The van der Waals surface area contributed by atoms with Gasteiger partial charge in [0.25, 0.3) is 0 Å². The smallest absolute Gasteiger partial charge is 0.227 e. The minimum absolute atomic E-state index is 0.0290. The van der Waals surface area contributed by atoms with Crippen molar-refractivity contribution in [3.63, 3.8) is 0 Å². The summed E-state index contributed by atoms with van der Waals surface area (Å²) in [6, 6.07) is 9.43. The van der Waals surface area contributed by atoms with Gasteiger partial charge in [0.2, 0.25) is 5.95 Å². The molecule has 2 aromatic carbocycles. The zero-order chi connectivity index (χ0) is 25.5. The van der Waals surface area contributed by atoms with E-state index in [2.05, 4.69) is 37.2 Å². The summed E-state index contributed by atoms with van der Waals surface area (Å²) in [6.45, 7) is 6.94. The van der Waals surface area contributed by atoms with Crippen molar-refractivity contribution in [3.05, 3.63) is 65.5 Å². The van der Waals surface area contributed by atoms with Gasteiger partial charge in [-0.2, -0.15) is 0 Å². The average Bonchev–Trinajstić information content (AvgIpc) is 2.91. The summed E-state index contributed by atoms with van der Waals surface area (Å²) in [5.74, 6) is -0.796. The van der Waals surface area contributed by atoms with Gasteiger partial charge < -0.3 is 24.4 Å². The van der Waals surface area contributed by atoms with E-state index in [1.54, 1.807) is 14.0 Å². The second kappa shape index (κ2) is 12.0. The minimum Gasteiger partial charge on any atom is -0.494 e. The van der Waals surface area contributed by atoms with Gasteiger partial charge in [-0.15, -0.1) is 0 Å². The fraction of sp³-hybridized carbons (Fsp3) is 0.385. The maximum atomic E-state index is 14.4. The molecule has 0 aliphatic carbocycles. The predicted molar refractivity (Wildman–Crippen MR) is 134 cm³/mol. The lowest BCUT2D eigenvalue weighted by atomic mass is 10.1. The van der Waals surface area contributed by atoms with Crippen molar-refractivity contribution in [3.8, 4) is 11.5 Å². The quantitative estimate of drug-likeness (QED) is 0.446. The Labute approximate surface area is 209 Å². The Morgan fingerprint density at radius 1 is 0.972 bits per heavy atom. The topological polar surface area (TPSA) is 72.0 Å². The molecule has 3 aromatic rings. The maximum absolute atomic E-state index is 14.4. The molecule has 36 heavy (non-hydrogen) atoms. The Morgan fingerprint density at radius 3 is 2.31 bits per heavy atom. The first-order chi connectivity index (χ1) is 17.5. The highest BCUT2D eigenvalue weighted by Crippen LogP contribution is 2.27. The van der Waals surface area contributed by atoms with Gasteiger partial charge in [0.15, 0.2) is 17.3 Å². The predicted octanol–water partition coefficient (Wildman–Crippen LogP) is 4.16. The molecule has 0 spiro atoms. The highest BCUT2D eigenvalue weighted by atomic mass is 19.1. The normalized spacial score (nSPS) is 14.1. The van der Waals surface area contributed by atoms with Crippen molar-refractivity contribution < 1.29 is 23.0 Å². The summed E-state index contributed by atoms with van der Waals surface area (Å²) in [4.78, 5) is 13.3. The zero-order valence-corrected chi connectivity index (χ0v) is 20.8. The van der Waals surface area contributed by atoms with Gasteiger partial charge in [0.05, 0.1) is 31.7 Å². The number of hydrogen-bond donors (Lipinski definition) is 1. The van der Waals surface area contributed by atoms with Crippen molar-refractivity contribution in [1.29, 1.82) is 0 Å². The number of aryl methyl sites for hydroxylation is 1. The Balaban J connectivity index is 1.31. The van der Waals surface area contributed by atoms with Crippen LogP contribution in [-0.2, 0) is 11.3 Å². The van der Waals surface area contributed by atoms with E-state index in [0.717, 1.165) is 45.0 Å². The van der Waals surface area contributed by atoms with Gasteiger partial charge in [-0.3, -0.25) is 4.90 Å². The first-order valence-corrected chi connectivity index (χ1v) is 11.8. The van der Waals surface area contributed by atoms with E-state index in [0.29, 0.717) is 11.7 Å². The summed E-state index contributed by atoms with van der Waals surface area (Å²) in [5, 5.41) is 3.15. The van der Waals surface area contributed by atoms with Crippen molar-refractivity contribution in [2.45, 2.75) is 13.5 Å². The summed E-state index contributed by atoms with van der Waals surface area (Å²) < 4.78 is 44.5. The molecular formula is C26H31F2N5O3. The number of hydrogen-bond acceptors (Lipinski definition) is 8. The van der Waals surface area contributed by atoms with Crippen LogP contribution in [0.15, 0.2) is 42.7 Å². The third kappa shape index (κ3) is 6.19. The molecule has 0 bridgehead atoms. The number of piperazine rings is 1. The summed E-state index contributed by atoms with van der Waals surface area (Å²) >= 11 is 0. The number of ether oxygens (including phenoxy) is 3. The highest BCUT2D eigenvalue weighted by molar-refractivity contribution is 5.59. The molecule has 1 fully saturated rings. The van der Waals surface area contributed by atoms with Crippen LogP contribution in [0.25, 0.3) is 0 Å². The fourth-order valence-electron chi connectivity index (χ4n) is 4.03. The lowest BCUT2D eigenvalue weighted by Gasteiger charge is -2.36. The van der Waals surface area contributed by atoms with Crippen LogP contribution in [0.5, 0.6) is 11.5 Å². The van der Waals surface area contributed by atoms with Crippen molar-refractivity contribution in [1.82, 2.24) is 14.9 Å². The molecule has 0 saturated carbocycles. The van der Waals surface area contributed by atoms with Crippen LogP contribution >= 0.6 is 0 Å². The molecule has 0 radical (unpaired) electrons. The number of halogens is 2. The molecule has 1 aliphatic rings. The Hall–Kier alpha value is -3.50. The molecule has 8 nitrogen and oxygen atoms in total. The Kier molecular flexibility index (Phi) is 8.50. The highest BCUT2D eigenvalue weighted by Gasteiger charge is 2.19. The number of nitrogens with zero attached hydrogens (tertiary/aromatic N) is 4. The van der Waals surface area contributed by atoms with Crippen molar-refractivity contribution in [2.75, 3.05) is 63.8 Å². The van der Waals surface area contributed by atoms with E-state index in [-0.39, 0.29) is 23.5 Å². The average molecular weight is 500 g/mol. The van der Waals surface area contributed by atoms with E-state index < -0.39 is 11.6 Å². The van der Waals surface area contributed by atoms with Crippen LogP contribution < -0.4 is 19.7 Å². The van der Waals surface area contributed by atoms with Crippen LogP contribution in [0.4, 0.5) is 26.1 Å². The van der Waals surface area contributed by atoms with E-state index in [1.807, 2.05) is 12.1 Å². The van der Waals surface area contributed by atoms with Gasteiger partial charge in [-0.05, 0) is 42.8 Å². The molecule has 1 aromatic heterocycles. The second-order valence-corrected chi connectivity index (χ2v) is 8.53. The maximum Gasteiger partial charge on any atom is 0.227 e. The van der Waals surface area contributed by atoms with Crippen LogP contribution in [0.2, 0.25) is 0 Å². The number of aromatic nitrogens is 2. The molecule has 0 unspecified atom stereocenters. The van der Waals surface area contributed by atoms with E-state index in [1.165, 1.54) is 31.3 Å². The number of anilines is 3.